The average Bonchev–Trinajstić information content (AvgIpc) is 2.99. The summed E-state index contributed by atoms with van der Waals surface area (Å²) >= 11 is 5.92. The molecule has 144 valence electrons. The van der Waals surface area contributed by atoms with Crippen molar-refractivity contribution in [1.29, 1.82) is 0 Å². The van der Waals surface area contributed by atoms with Crippen LogP contribution in [0, 0.1) is 0 Å². The Morgan fingerprint density at radius 2 is 1.89 bits per heavy atom. The predicted octanol–water partition coefficient (Wildman–Crippen LogP) is 3.84. The molecule has 28 heavy (non-hydrogen) atoms. The molecule has 0 atom stereocenters. The van der Waals surface area contributed by atoms with Crippen LogP contribution < -0.4 is 20.1 Å². The molecule has 0 spiro atoms. The van der Waals surface area contributed by atoms with Crippen LogP contribution in [0.5, 0.6) is 11.5 Å². The zero-order chi connectivity index (χ0) is 20.1. The first-order valence-corrected chi connectivity index (χ1v) is 8.91. The van der Waals surface area contributed by atoms with Gasteiger partial charge >= 0.3 is 6.03 Å². The number of hydrogen-bond donors (Lipinski definition) is 2. The molecule has 1 heterocycles. The average molecular weight is 399 g/mol. The topological polar surface area (TPSA) is 76.7 Å². The van der Waals surface area contributed by atoms with Gasteiger partial charge in [0.05, 0.1) is 7.11 Å². The molecule has 0 bridgehead atoms. The molecule has 7 heteroatoms. The van der Waals surface area contributed by atoms with Gasteiger partial charge in [-0.25, -0.2) is 4.79 Å². The van der Waals surface area contributed by atoms with E-state index in [0.29, 0.717) is 35.1 Å². The van der Waals surface area contributed by atoms with Crippen LogP contribution in [0.3, 0.4) is 0 Å². The van der Waals surface area contributed by atoms with E-state index in [-0.39, 0.29) is 5.70 Å². The highest BCUT2D eigenvalue weighted by molar-refractivity contribution is 6.30. The van der Waals surface area contributed by atoms with Gasteiger partial charge in [0.25, 0.3) is 5.91 Å². The Morgan fingerprint density at radius 3 is 2.50 bits per heavy atom. The van der Waals surface area contributed by atoms with Gasteiger partial charge in [0.15, 0.2) is 11.5 Å². The molecule has 0 radical (unpaired) electrons. The Labute approximate surface area is 167 Å². The quantitative estimate of drug-likeness (QED) is 0.422. The van der Waals surface area contributed by atoms with E-state index in [9.17, 15) is 9.59 Å². The van der Waals surface area contributed by atoms with Crippen LogP contribution in [0.15, 0.2) is 54.8 Å². The van der Waals surface area contributed by atoms with E-state index in [1.165, 1.54) is 0 Å². The minimum absolute atomic E-state index is 0.173. The second-order valence-corrected chi connectivity index (χ2v) is 6.52. The summed E-state index contributed by atoms with van der Waals surface area (Å²) in [7, 11) is 1.54. The fourth-order valence-corrected chi connectivity index (χ4v) is 2.90. The molecule has 1 saturated heterocycles. The normalized spacial score (nSPS) is 14.6. The highest BCUT2D eigenvalue weighted by atomic mass is 35.5. The lowest BCUT2D eigenvalue weighted by molar-refractivity contribution is -0.115. The molecule has 0 unspecified atom stereocenters. The minimum Gasteiger partial charge on any atom is -0.493 e. The number of benzene rings is 2. The zero-order valence-corrected chi connectivity index (χ0v) is 16.0. The summed E-state index contributed by atoms with van der Waals surface area (Å²) in [5.74, 6) is 0.640. The monoisotopic (exact) mass is 398 g/mol. The van der Waals surface area contributed by atoms with Crippen LogP contribution in [-0.2, 0) is 17.8 Å². The fourth-order valence-electron chi connectivity index (χ4n) is 2.77. The number of carbonyl (C=O) groups excluding carboxylic acids is 2. The number of carbonyl (C=O) groups is 2. The first-order valence-electron chi connectivity index (χ1n) is 8.53. The van der Waals surface area contributed by atoms with Gasteiger partial charge in [0, 0.05) is 10.6 Å². The molecular weight excluding hydrogens is 380 g/mol. The number of rotatable bonds is 7. The largest absolute Gasteiger partial charge is 0.493 e. The summed E-state index contributed by atoms with van der Waals surface area (Å²) in [6, 6.07) is 10.5. The third kappa shape index (κ3) is 4.53. The first kappa shape index (κ1) is 19.5. The Morgan fingerprint density at radius 1 is 1.14 bits per heavy atom. The van der Waals surface area contributed by atoms with E-state index < -0.39 is 11.9 Å². The third-order valence-corrected chi connectivity index (χ3v) is 4.32. The smallest absolute Gasteiger partial charge is 0.326 e. The number of halogens is 1. The number of methoxy groups -OCH3 is 1. The van der Waals surface area contributed by atoms with Crippen molar-refractivity contribution in [3.63, 3.8) is 0 Å². The van der Waals surface area contributed by atoms with E-state index in [4.69, 9.17) is 21.1 Å². The minimum atomic E-state index is -0.544. The number of nitrogens with one attached hydrogen (secondary N) is 2. The fraction of sp³-hybridized carbons (Fsp3) is 0.143. The van der Waals surface area contributed by atoms with Gasteiger partial charge < -0.3 is 14.8 Å². The summed E-state index contributed by atoms with van der Waals surface area (Å²) in [5, 5.41) is 5.30. The van der Waals surface area contributed by atoms with Crippen LogP contribution >= 0.6 is 11.6 Å². The van der Waals surface area contributed by atoms with Crippen LogP contribution in [0.2, 0.25) is 5.02 Å². The molecular formula is C21H19ClN2O4. The molecule has 1 fully saturated rings. The number of urea groups is 1. The van der Waals surface area contributed by atoms with Crippen molar-refractivity contribution in [2.45, 2.75) is 13.0 Å². The highest BCUT2D eigenvalue weighted by Crippen LogP contribution is 2.35. The lowest BCUT2D eigenvalue weighted by Crippen LogP contribution is -2.22. The maximum absolute atomic E-state index is 11.8. The zero-order valence-electron chi connectivity index (χ0n) is 15.3. The predicted molar refractivity (Wildman–Crippen MR) is 107 cm³/mol. The van der Waals surface area contributed by atoms with Gasteiger partial charge in [-0.15, -0.1) is 6.58 Å². The first-order chi connectivity index (χ1) is 13.5. The van der Waals surface area contributed by atoms with E-state index in [0.717, 1.165) is 11.1 Å². The molecule has 1 aliphatic rings. The molecule has 1 aliphatic heterocycles. The summed E-state index contributed by atoms with van der Waals surface area (Å²) in [4.78, 5) is 23.1. The van der Waals surface area contributed by atoms with Crippen molar-refractivity contribution in [3.8, 4) is 11.5 Å². The van der Waals surface area contributed by atoms with Crippen molar-refractivity contribution in [3.05, 3.63) is 76.5 Å². The molecule has 0 aliphatic carbocycles. The molecule has 0 saturated carbocycles. The van der Waals surface area contributed by atoms with Gasteiger partial charge in [0.2, 0.25) is 0 Å². The Balaban J connectivity index is 1.91. The molecule has 2 N–H and O–H groups in total. The van der Waals surface area contributed by atoms with E-state index in [2.05, 4.69) is 17.2 Å². The Bertz CT molecular complexity index is 952. The summed E-state index contributed by atoms with van der Waals surface area (Å²) in [6.45, 7) is 4.13. The van der Waals surface area contributed by atoms with Crippen LogP contribution in [0.4, 0.5) is 4.79 Å². The molecule has 2 aromatic carbocycles. The standard InChI is InChI=1S/C21H19ClN2O4/c1-3-4-15-9-14(10-17-20(25)24-21(26)23-17)11-18(27-2)19(15)28-12-13-5-7-16(22)8-6-13/h3,5-11H,1,4,12H2,2H3,(H2,23,24,25,26)/b17-10+. The second kappa shape index (κ2) is 8.63. The van der Waals surface area contributed by atoms with Gasteiger partial charge in [-0.05, 0) is 47.9 Å². The van der Waals surface area contributed by atoms with E-state index >= 15 is 0 Å². The third-order valence-electron chi connectivity index (χ3n) is 4.07. The number of allylic oxidation sites excluding steroid dienone is 1. The van der Waals surface area contributed by atoms with Gasteiger partial charge in [0.1, 0.15) is 12.3 Å². The summed E-state index contributed by atoms with van der Waals surface area (Å²) in [6.07, 6.45) is 3.88. The van der Waals surface area contributed by atoms with E-state index in [1.807, 2.05) is 18.2 Å². The lowest BCUT2D eigenvalue weighted by atomic mass is 10.0. The maximum atomic E-state index is 11.8. The molecule has 3 rings (SSSR count). The summed E-state index contributed by atoms with van der Waals surface area (Å²) < 4.78 is 11.5. The SMILES string of the molecule is C=CCc1cc(/C=C2/NC(=O)NC2=O)cc(OC)c1OCc1ccc(Cl)cc1. The van der Waals surface area contributed by atoms with Crippen LogP contribution in [0.1, 0.15) is 16.7 Å². The van der Waals surface area contributed by atoms with Crippen molar-refractivity contribution in [2.24, 2.45) is 0 Å². The van der Waals surface area contributed by atoms with Gasteiger partial charge in [-0.1, -0.05) is 29.8 Å². The van der Waals surface area contributed by atoms with E-state index in [1.54, 1.807) is 37.5 Å². The van der Waals surface area contributed by atoms with Crippen molar-refractivity contribution < 1.29 is 19.1 Å². The second-order valence-electron chi connectivity index (χ2n) is 6.09. The molecule has 0 aromatic heterocycles. The van der Waals surface area contributed by atoms with Crippen molar-refractivity contribution >= 4 is 29.6 Å². The lowest BCUT2D eigenvalue weighted by Gasteiger charge is -2.16. The maximum Gasteiger partial charge on any atom is 0.326 e. The number of ether oxygens (including phenoxy) is 2. The van der Waals surface area contributed by atoms with Crippen LogP contribution in [0.25, 0.3) is 6.08 Å². The summed E-state index contributed by atoms with van der Waals surface area (Å²) in [5.41, 5.74) is 2.68. The van der Waals surface area contributed by atoms with Gasteiger partial charge in [-0.3, -0.25) is 10.1 Å². The number of amides is 3. The van der Waals surface area contributed by atoms with Crippen LogP contribution in [-0.4, -0.2) is 19.0 Å². The van der Waals surface area contributed by atoms with Gasteiger partial charge in [-0.2, -0.15) is 0 Å². The number of hydrogen-bond acceptors (Lipinski definition) is 4. The Kier molecular flexibility index (Phi) is 6.01. The molecule has 3 amide bonds. The molecule has 2 aromatic rings. The highest BCUT2D eigenvalue weighted by Gasteiger charge is 2.23. The van der Waals surface area contributed by atoms with Crippen molar-refractivity contribution in [2.75, 3.05) is 7.11 Å². The van der Waals surface area contributed by atoms with Crippen molar-refractivity contribution in [1.82, 2.24) is 10.6 Å². The molecule has 6 nitrogen and oxygen atoms in total. The Hall–Kier alpha value is -3.25. The number of imide groups is 1.